The van der Waals surface area contributed by atoms with Crippen molar-refractivity contribution >= 4 is 11.4 Å². The third kappa shape index (κ3) is 3.01. The Morgan fingerprint density at radius 2 is 2.37 bits per heavy atom. The van der Waals surface area contributed by atoms with Crippen LogP contribution >= 0.6 is 0 Å². The van der Waals surface area contributed by atoms with Gasteiger partial charge in [-0.25, -0.2) is 0 Å². The van der Waals surface area contributed by atoms with E-state index in [0.29, 0.717) is 18.2 Å². The first-order chi connectivity index (χ1) is 9.15. The van der Waals surface area contributed by atoms with Gasteiger partial charge in [-0.2, -0.15) is 0 Å². The summed E-state index contributed by atoms with van der Waals surface area (Å²) in [4.78, 5) is 12.7. The van der Waals surface area contributed by atoms with Crippen LogP contribution in [0, 0.1) is 16.0 Å². The van der Waals surface area contributed by atoms with Crippen molar-refractivity contribution < 1.29 is 10.0 Å². The highest BCUT2D eigenvalue weighted by atomic mass is 16.6. The number of anilines is 1. The van der Waals surface area contributed by atoms with E-state index < -0.39 is 4.92 Å². The molecule has 1 aromatic carbocycles. The fourth-order valence-electron chi connectivity index (χ4n) is 2.48. The number of hydrogen-bond acceptors (Lipinski definition) is 6. The van der Waals surface area contributed by atoms with Crippen LogP contribution in [0.5, 0.6) is 0 Å². The molecule has 1 aliphatic rings. The summed E-state index contributed by atoms with van der Waals surface area (Å²) in [6.45, 7) is 2.48. The summed E-state index contributed by atoms with van der Waals surface area (Å²) in [7, 11) is 0. The second-order valence-electron chi connectivity index (χ2n) is 4.79. The van der Waals surface area contributed by atoms with Crippen molar-refractivity contribution in [1.29, 1.82) is 0 Å². The highest BCUT2D eigenvalue weighted by Gasteiger charge is 2.24. The highest BCUT2D eigenvalue weighted by Crippen LogP contribution is 2.29. The van der Waals surface area contributed by atoms with E-state index >= 15 is 0 Å². The van der Waals surface area contributed by atoms with E-state index in [-0.39, 0.29) is 12.3 Å². The summed E-state index contributed by atoms with van der Waals surface area (Å²) in [5.41, 5.74) is 3.57. The molecule has 4 N–H and O–H groups in total. The number of nitrogens with one attached hydrogen (secondary N) is 1. The fourth-order valence-corrected chi connectivity index (χ4v) is 2.48. The van der Waals surface area contributed by atoms with Gasteiger partial charge in [0.25, 0.3) is 5.69 Å². The van der Waals surface area contributed by atoms with Gasteiger partial charge in [-0.15, -0.1) is 0 Å². The molecule has 0 saturated carbocycles. The molecule has 0 bridgehead atoms. The van der Waals surface area contributed by atoms with Gasteiger partial charge in [0.05, 0.1) is 4.92 Å². The molecular formula is C12H18N4O3. The van der Waals surface area contributed by atoms with E-state index in [4.69, 9.17) is 10.9 Å². The average Bonchev–Trinajstić information content (AvgIpc) is 2.86. The number of hydrazine groups is 1. The van der Waals surface area contributed by atoms with Crippen molar-refractivity contribution in [2.24, 2.45) is 11.8 Å². The van der Waals surface area contributed by atoms with Gasteiger partial charge in [0, 0.05) is 25.8 Å². The summed E-state index contributed by atoms with van der Waals surface area (Å²) in [6, 6.07) is 4.92. The van der Waals surface area contributed by atoms with Gasteiger partial charge in [0.2, 0.25) is 0 Å². The van der Waals surface area contributed by atoms with Crippen LogP contribution in [0.2, 0.25) is 0 Å². The maximum atomic E-state index is 10.9. The second-order valence-corrected chi connectivity index (χ2v) is 4.79. The van der Waals surface area contributed by atoms with Crippen LogP contribution in [0.15, 0.2) is 18.2 Å². The van der Waals surface area contributed by atoms with Crippen LogP contribution < -0.4 is 11.3 Å². The number of hydrogen-bond donors (Lipinski definition) is 3. The summed E-state index contributed by atoms with van der Waals surface area (Å²) in [5.74, 6) is 5.70. The van der Waals surface area contributed by atoms with Crippen LogP contribution in [-0.2, 0) is 6.54 Å². The summed E-state index contributed by atoms with van der Waals surface area (Å²) in [6.07, 6.45) is 0.955. The minimum Gasteiger partial charge on any atom is -0.396 e. The standard InChI is InChI=1S/C12H18N4O3/c13-14-12-10(2-1-3-11(12)16(18)19)7-15-5-4-9(6-15)8-17/h1-3,9,14,17H,4-8,13H2. The molecule has 0 amide bonds. The SMILES string of the molecule is NNc1c(CN2CCC(CO)C2)cccc1[N+](=O)[O-]. The Hall–Kier alpha value is -1.70. The largest absolute Gasteiger partial charge is 0.396 e. The number of benzene rings is 1. The summed E-state index contributed by atoms with van der Waals surface area (Å²) in [5, 5.41) is 20.1. The predicted octanol–water partition coefficient (Wildman–Crippen LogP) is 0.695. The Balaban J connectivity index is 2.16. The summed E-state index contributed by atoms with van der Waals surface area (Å²) < 4.78 is 0. The number of nitrogens with two attached hydrogens (primary N) is 1. The molecule has 19 heavy (non-hydrogen) atoms. The molecule has 104 valence electrons. The van der Waals surface area contributed by atoms with Crippen LogP contribution in [0.1, 0.15) is 12.0 Å². The van der Waals surface area contributed by atoms with Crippen LogP contribution in [-0.4, -0.2) is 34.6 Å². The number of likely N-dealkylation sites (tertiary alicyclic amines) is 1. The van der Waals surface area contributed by atoms with Gasteiger partial charge in [0.1, 0.15) is 5.69 Å². The van der Waals surface area contributed by atoms with E-state index in [0.717, 1.165) is 25.1 Å². The molecule has 7 nitrogen and oxygen atoms in total. The Morgan fingerprint density at radius 3 is 2.95 bits per heavy atom. The number of aliphatic hydroxyl groups is 1. The van der Waals surface area contributed by atoms with Crippen LogP contribution in [0.25, 0.3) is 0 Å². The monoisotopic (exact) mass is 266 g/mol. The lowest BCUT2D eigenvalue weighted by atomic mass is 10.1. The number of rotatable bonds is 5. The number of nitro benzene ring substituents is 1. The zero-order valence-corrected chi connectivity index (χ0v) is 10.6. The molecule has 1 fully saturated rings. The molecule has 7 heteroatoms. The zero-order valence-electron chi connectivity index (χ0n) is 10.6. The van der Waals surface area contributed by atoms with Crippen LogP contribution in [0.4, 0.5) is 11.4 Å². The molecule has 0 aliphatic carbocycles. The van der Waals surface area contributed by atoms with Crippen molar-refractivity contribution in [2.45, 2.75) is 13.0 Å². The van der Waals surface area contributed by atoms with Crippen LogP contribution in [0.3, 0.4) is 0 Å². The third-order valence-electron chi connectivity index (χ3n) is 3.49. The van der Waals surface area contributed by atoms with Gasteiger partial charge >= 0.3 is 0 Å². The van der Waals surface area contributed by atoms with Gasteiger partial charge in [-0.05, 0) is 24.4 Å². The molecule has 1 atom stereocenters. The van der Waals surface area contributed by atoms with Gasteiger partial charge in [-0.1, -0.05) is 12.1 Å². The smallest absolute Gasteiger partial charge is 0.293 e. The number of aliphatic hydroxyl groups excluding tert-OH is 1. The molecule has 1 unspecified atom stereocenters. The number of para-hydroxylation sites is 1. The maximum absolute atomic E-state index is 10.9. The molecule has 2 rings (SSSR count). The zero-order chi connectivity index (χ0) is 13.8. The third-order valence-corrected chi connectivity index (χ3v) is 3.49. The van der Waals surface area contributed by atoms with Crippen molar-refractivity contribution in [3.8, 4) is 0 Å². The average molecular weight is 266 g/mol. The van der Waals surface area contributed by atoms with E-state index in [9.17, 15) is 10.1 Å². The second kappa shape index (κ2) is 5.96. The van der Waals surface area contributed by atoms with E-state index in [1.807, 2.05) is 6.07 Å². The molecule has 1 heterocycles. The number of nitrogen functional groups attached to an aromatic ring is 1. The molecular weight excluding hydrogens is 248 g/mol. The minimum absolute atomic E-state index is 0.0158. The minimum atomic E-state index is -0.445. The van der Waals surface area contributed by atoms with Gasteiger partial charge in [-0.3, -0.25) is 20.9 Å². The Labute approximate surface area is 111 Å². The lowest BCUT2D eigenvalue weighted by molar-refractivity contribution is -0.384. The number of nitro groups is 1. The quantitative estimate of drug-likeness (QED) is 0.411. The van der Waals surface area contributed by atoms with Crippen molar-refractivity contribution in [3.05, 3.63) is 33.9 Å². The first-order valence-electron chi connectivity index (χ1n) is 6.21. The van der Waals surface area contributed by atoms with E-state index in [2.05, 4.69) is 10.3 Å². The van der Waals surface area contributed by atoms with Gasteiger partial charge < -0.3 is 10.5 Å². The molecule has 1 saturated heterocycles. The molecule has 0 radical (unpaired) electrons. The summed E-state index contributed by atoms with van der Waals surface area (Å²) >= 11 is 0. The molecule has 1 aromatic rings. The lowest BCUT2D eigenvalue weighted by Gasteiger charge is -2.17. The van der Waals surface area contributed by atoms with Gasteiger partial charge in [0.15, 0.2) is 0 Å². The Kier molecular flexibility index (Phi) is 4.31. The topological polar surface area (TPSA) is 105 Å². The van der Waals surface area contributed by atoms with E-state index in [1.54, 1.807) is 6.07 Å². The lowest BCUT2D eigenvalue weighted by Crippen LogP contribution is -2.22. The molecule has 1 aliphatic heterocycles. The Bertz CT molecular complexity index is 466. The maximum Gasteiger partial charge on any atom is 0.293 e. The Morgan fingerprint density at radius 1 is 1.58 bits per heavy atom. The normalized spacial score (nSPS) is 19.6. The predicted molar refractivity (Wildman–Crippen MR) is 71.4 cm³/mol. The first-order valence-corrected chi connectivity index (χ1v) is 6.21. The van der Waals surface area contributed by atoms with Crippen molar-refractivity contribution in [1.82, 2.24) is 4.90 Å². The van der Waals surface area contributed by atoms with E-state index in [1.165, 1.54) is 6.07 Å². The van der Waals surface area contributed by atoms with Crippen molar-refractivity contribution in [2.75, 3.05) is 25.1 Å². The number of nitrogens with zero attached hydrogens (tertiary/aromatic N) is 2. The van der Waals surface area contributed by atoms with Crippen molar-refractivity contribution in [3.63, 3.8) is 0 Å². The highest BCUT2D eigenvalue weighted by molar-refractivity contribution is 5.65. The first kappa shape index (κ1) is 13.7. The molecule has 0 aromatic heterocycles. The fraction of sp³-hybridized carbons (Fsp3) is 0.500. The molecule has 0 spiro atoms.